The number of rotatable bonds is 2. The normalized spacial score (nSPS) is 9.08. The summed E-state index contributed by atoms with van der Waals surface area (Å²) in [5, 5.41) is 3.05. The number of aromatic nitrogens is 1. The van der Waals surface area contributed by atoms with E-state index in [0.717, 1.165) is 24.1 Å². The molecule has 0 aliphatic heterocycles. The van der Waals surface area contributed by atoms with Crippen LogP contribution in [-0.2, 0) is 0 Å². The van der Waals surface area contributed by atoms with Crippen molar-refractivity contribution in [1.82, 2.24) is 10.3 Å². The summed E-state index contributed by atoms with van der Waals surface area (Å²) in [4.78, 5) is 4.06. The molecule has 0 spiro atoms. The maximum absolute atomic E-state index is 4.06. The highest BCUT2D eigenvalue weighted by Crippen LogP contribution is 1.98. The average Bonchev–Trinajstić information content (AvgIpc) is 2.13. The van der Waals surface area contributed by atoms with E-state index in [4.69, 9.17) is 0 Å². The van der Waals surface area contributed by atoms with E-state index in [0.29, 0.717) is 0 Å². The lowest BCUT2D eigenvalue weighted by Gasteiger charge is -1.91. The second kappa shape index (κ2) is 5.34. The van der Waals surface area contributed by atoms with Gasteiger partial charge >= 0.3 is 0 Å². The Morgan fingerprint density at radius 1 is 1.46 bits per heavy atom. The summed E-state index contributed by atoms with van der Waals surface area (Å²) in [5.74, 6) is 6.15. The molecule has 0 atom stereocenters. The van der Waals surface area contributed by atoms with Crippen molar-refractivity contribution in [1.29, 1.82) is 0 Å². The molecule has 1 aromatic heterocycles. The molecule has 0 fully saturated rings. The number of pyridine rings is 1. The first-order valence-electron chi connectivity index (χ1n) is 4.38. The molecule has 0 radical (unpaired) electrons. The maximum Gasteiger partial charge on any atom is 0.0431 e. The Morgan fingerprint density at radius 2 is 2.31 bits per heavy atom. The zero-order chi connectivity index (χ0) is 9.52. The second-order valence-corrected chi connectivity index (χ2v) is 2.91. The third-order valence-corrected chi connectivity index (χ3v) is 1.61. The van der Waals surface area contributed by atoms with Crippen LogP contribution < -0.4 is 5.32 Å². The van der Waals surface area contributed by atoms with Crippen molar-refractivity contribution >= 4 is 0 Å². The van der Waals surface area contributed by atoms with Gasteiger partial charge in [-0.05, 0) is 25.6 Å². The van der Waals surface area contributed by atoms with E-state index in [1.807, 2.05) is 26.2 Å². The van der Waals surface area contributed by atoms with Crippen molar-refractivity contribution in [3.05, 3.63) is 29.6 Å². The van der Waals surface area contributed by atoms with E-state index in [1.54, 1.807) is 6.20 Å². The minimum Gasteiger partial charge on any atom is -0.319 e. The Morgan fingerprint density at radius 3 is 3.00 bits per heavy atom. The molecule has 0 aliphatic rings. The highest BCUT2D eigenvalue weighted by Gasteiger charge is 1.86. The monoisotopic (exact) mass is 174 g/mol. The summed E-state index contributed by atoms with van der Waals surface area (Å²) < 4.78 is 0. The second-order valence-electron chi connectivity index (χ2n) is 2.91. The van der Waals surface area contributed by atoms with Crippen LogP contribution in [0.15, 0.2) is 18.5 Å². The minimum absolute atomic E-state index is 0.879. The van der Waals surface area contributed by atoms with E-state index >= 15 is 0 Å². The highest BCUT2D eigenvalue weighted by atomic mass is 14.8. The zero-order valence-electron chi connectivity index (χ0n) is 8.09. The molecule has 1 heterocycles. The van der Waals surface area contributed by atoms with Gasteiger partial charge in [0.2, 0.25) is 0 Å². The van der Waals surface area contributed by atoms with Crippen LogP contribution in [0.4, 0.5) is 0 Å². The molecule has 0 aliphatic carbocycles. The van der Waals surface area contributed by atoms with Crippen molar-refractivity contribution in [2.24, 2.45) is 0 Å². The van der Waals surface area contributed by atoms with Gasteiger partial charge in [0.05, 0.1) is 0 Å². The first kappa shape index (κ1) is 9.76. The standard InChI is InChI=1S/C11H14N2/c1-10-7-11(9-13-8-10)5-3-4-6-12-2/h7-9,12H,4,6H2,1-2H3. The van der Waals surface area contributed by atoms with Crippen molar-refractivity contribution in [3.8, 4) is 11.8 Å². The lowest BCUT2D eigenvalue weighted by atomic mass is 10.2. The van der Waals surface area contributed by atoms with E-state index in [-0.39, 0.29) is 0 Å². The molecule has 1 aromatic rings. The first-order chi connectivity index (χ1) is 6.33. The Kier molecular flexibility index (Phi) is 4.01. The van der Waals surface area contributed by atoms with Gasteiger partial charge in [-0.2, -0.15) is 0 Å². The first-order valence-corrected chi connectivity index (χ1v) is 4.38. The number of hydrogen-bond acceptors (Lipinski definition) is 2. The molecule has 0 aromatic carbocycles. The van der Waals surface area contributed by atoms with Gasteiger partial charge in [0.15, 0.2) is 0 Å². The van der Waals surface area contributed by atoms with Crippen LogP contribution in [0.2, 0.25) is 0 Å². The van der Waals surface area contributed by atoms with Gasteiger partial charge in [0.1, 0.15) is 0 Å². The summed E-state index contributed by atoms with van der Waals surface area (Å²) in [6, 6.07) is 2.04. The maximum atomic E-state index is 4.06. The molecule has 1 N–H and O–H groups in total. The number of nitrogens with zero attached hydrogens (tertiary/aromatic N) is 1. The van der Waals surface area contributed by atoms with Crippen molar-refractivity contribution < 1.29 is 0 Å². The summed E-state index contributed by atoms with van der Waals surface area (Å²) in [6.45, 7) is 2.96. The van der Waals surface area contributed by atoms with Crippen molar-refractivity contribution in [2.75, 3.05) is 13.6 Å². The Bertz CT molecular complexity index is 320. The Hall–Kier alpha value is -1.33. The van der Waals surface area contributed by atoms with E-state index in [9.17, 15) is 0 Å². The molecule has 1 rings (SSSR count). The molecule has 13 heavy (non-hydrogen) atoms. The van der Waals surface area contributed by atoms with Gasteiger partial charge in [0, 0.05) is 30.9 Å². The van der Waals surface area contributed by atoms with E-state index in [1.165, 1.54) is 0 Å². The van der Waals surface area contributed by atoms with Gasteiger partial charge < -0.3 is 5.32 Å². The summed E-state index contributed by atoms with van der Waals surface area (Å²) in [6.07, 6.45) is 4.50. The summed E-state index contributed by atoms with van der Waals surface area (Å²) >= 11 is 0. The fourth-order valence-corrected chi connectivity index (χ4v) is 0.975. The van der Waals surface area contributed by atoms with Crippen LogP contribution in [0.3, 0.4) is 0 Å². The van der Waals surface area contributed by atoms with Gasteiger partial charge in [-0.15, -0.1) is 0 Å². The van der Waals surface area contributed by atoms with Crippen molar-refractivity contribution in [2.45, 2.75) is 13.3 Å². The van der Waals surface area contributed by atoms with Gasteiger partial charge in [-0.25, -0.2) is 0 Å². The smallest absolute Gasteiger partial charge is 0.0431 e. The third kappa shape index (κ3) is 3.73. The zero-order valence-corrected chi connectivity index (χ0v) is 8.09. The molecule has 0 amide bonds. The quantitative estimate of drug-likeness (QED) is 0.541. The lowest BCUT2D eigenvalue weighted by molar-refractivity contribution is 0.818. The molecule has 0 unspecified atom stereocenters. The van der Waals surface area contributed by atoms with Crippen LogP contribution >= 0.6 is 0 Å². The third-order valence-electron chi connectivity index (χ3n) is 1.61. The number of hydrogen-bond donors (Lipinski definition) is 1. The minimum atomic E-state index is 0.879. The van der Waals surface area contributed by atoms with E-state index < -0.39 is 0 Å². The molecule has 0 saturated carbocycles. The SMILES string of the molecule is CNCCC#Cc1cncc(C)c1. The van der Waals surface area contributed by atoms with Crippen molar-refractivity contribution in [3.63, 3.8) is 0 Å². The number of nitrogens with one attached hydrogen (secondary N) is 1. The summed E-state index contributed by atoms with van der Waals surface area (Å²) in [5.41, 5.74) is 2.15. The average molecular weight is 174 g/mol. The van der Waals surface area contributed by atoms with Crippen LogP contribution in [0.5, 0.6) is 0 Å². The van der Waals surface area contributed by atoms with Crippen LogP contribution in [0.25, 0.3) is 0 Å². The molecule has 0 bridgehead atoms. The largest absolute Gasteiger partial charge is 0.319 e. The van der Waals surface area contributed by atoms with Gasteiger partial charge in [-0.3, -0.25) is 4.98 Å². The fraction of sp³-hybridized carbons (Fsp3) is 0.364. The van der Waals surface area contributed by atoms with Crippen LogP contribution in [0.1, 0.15) is 17.5 Å². The Balaban J connectivity index is 2.56. The number of aryl methyl sites for hydroxylation is 1. The molecule has 68 valence electrons. The molecular formula is C11H14N2. The lowest BCUT2D eigenvalue weighted by Crippen LogP contribution is -2.05. The Labute approximate surface area is 79.4 Å². The topological polar surface area (TPSA) is 24.9 Å². The molecule has 0 saturated heterocycles. The molecule has 2 heteroatoms. The summed E-state index contributed by atoms with van der Waals surface area (Å²) in [7, 11) is 1.93. The van der Waals surface area contributed by atoms with Crippen LogP contribution in [-0.4, -0.2) is 18.6 Å². The fourth-order valence-electron chi connectivity index (χ4n) is 0.975. The van der Waals surface area contributed by atoms with Crippen LogP contribution in [0, 0.1) is 18.8 Å². The molecular weight excluding hydrogens is 160 g/mol. The highest BCUT2D eigenvalue weighted by molar-refractivity contribution is 5.33. The van der Waals surface area contributed by atoms with Gasteiger partial charge in [-0.1, -0.05) is 11.8 Å². The molecule has 2 nitrogen and oxygen atoms in total. The predicted octanol–water partition coefficient (Wildman–Crippen LogP) is 1.35. The van der Waals surface area contributed by atoms with E-state index in [2.05, 4.69) is 22.1 Å². The van der Waals surface area contributed by atoms with Gasteiger partial charge in [0.25, 0.3) is 0 Å². The predicted molar refractivity (Wildman–Crippen MR) is 54.4 cm³/mol.